The highest BCUT2D eigenvalue weighted by Crippen LogP contribution is 2.28. The Morgan fingerprint density at radius 3 is 2.74 bits per heavy atom. The van der Waals surface area contributed by atoms with Gasteiger partial charge in [-0.25, -0.2) is 9.78 Å². The van der Waals surface area contributed by atoms with Gasteiger partial charge in [-0.3, -0.25) is 10.1 Å². The van der Waals surface area contributed by atoms with Gasteiger partial charge in [-0.1, -0.05) is 19.1 Å². The Morgan fingerprint density at radius 1 is 1.21 bits per heavy atom. The largest absolute Gasteiger partial charge is 0.331 e. The predicted octanol–water partition coefficient (Wildman–Crippen LogP) is 4.53. The van der Waals surface area contributed by atoms with Crippen LogP contribution in [0.2, 0.25) is 0 Å². The number of carbonyl (C=O) groups excluding carboxylic acids is 2. The second-order valence-electron chi connectivity index (χ2n) is 8.20. The maximum atomic E-state index is 12.9. The lowest BCUT2D eigenvalue weighted by molar-refractivity contribution is 0.102. The number of thiazole rings is 1. The molecule has 1 aliphatic rings. The molecule has 0 radical (unpaired) electrons. The highest BCUT2D eigenvalue weighted by atomic mass is 32.1. The molecular formula is C25H26N6O2S. The topological polar surface area (TPSA) is 110 Å². The zero-order valence-electron chi connectivity index (χ0n) is 19.1. The van der Waals surface area contributed by atoms with Crippen LogP contribution in [0.25, 0.3) is 0 Å². The molecule has 2 aromatic carbocycles. The third kappa shape index (κ3) is 5.60. The summed E-state index contributed by atoms with van der Waals surface area (Å²) in [5.74, 6) is -0.224. The van der Waals surface area contributed by atoms with Crippen LogP contribution in [0.3, 0.4) is 0 Å². The lowest BCUT2D eigenvalue weighted by Gasteiger charge is -2.20. The van der Waals surface area contributed by atoms with Crippen molar-refractivity contribution in [3.63, 3.8) is 0 Å². The van der Waals surface area contributed by atoms with E-state index in [1.54, 1.807) is 36.4 Å². The number of hydrogen-bond donors (Lipinski definition) is 3. The van der Waals surface area contributed by atoms with Crippen molar-refractivity contribution < 1.29 is 9.59 Å². The molecule has 174 valence electrons. The Balaban J connectivity index is 1.41. The molecule has 3 amide bonds. The number of anilines is 2. The highest BCUT2D eigenvalue weighted by molar-refractivity contribution is 7.15. The Kier molecular flexibility index (Phi) is 7.21. The first-order valence-electron chi connectivity index (χ1n) is 11.1. The lowest BCUT2D eigenvalue weighted by atomic mass is 10.0. The molecule has 2 heterocycles. The Hall–Kier alpha value is -3.74. The van der Waals surface area contributed by atoms with Gasteiger partial charge in [-0.15, -0.1) is 11.3 Å². The summed E-state index contributed by atoms with van der Waals surface area (Å²) in [6.07, 6.45) is 1.54. The third-order valence-electron chi connectivity index (χ3n) is 5.68. The van der Waals surface area contributed by atoms with E-state index in [0.717, 1.165) is 30.8 Å². The third-order valence-corrected chi connectivity index (χ3v) is 6.68. The van der Waals surface area contributed by atoms with Crippen molar-refractivity contribution in [1.82, 2.24) is 15.2 Å². The van der Waals surface area contributed by atoms with E-state index < -0.39 is 0 Å². The molecule has 4 rings (SSSR count). The number of nitrogens with one attached hydrogen (secondary N) is 3. The van der Waals surface area contributed by atoms with Crippen molar-refractivity contribution in [2.24, 2.45) is 0 Å². The molecule has 8 nitrogen and oxygen atoms in total. The molecule has 1 aromatic heterocycles. The SMILES string of the molecule is CC[C@@H](NC(=O)Nc1ccc(C#N)cc1)c1cccc(C(=O)Nc2nc3c(s2)CN(C)CC3)c1. The van der Waals surface area contributed by atoms with Crippen LogP contribution in [0.5, 0.6) is 0 Å². The molecule has 9 heteroatoms. The Bertz CT molecular complexity index is 1230. The number of amides is 3. The van der Waals surface area contributed by atoms with E-state index in [4.69, 9.17) is 5.26 Å². The summed E-state index contributed by atoms with van der Waals surface area (Å²) in [5, 5.41) is 18.2. The van der Waals surface area contributed by atoms with Gasteiger partial charge in [0.25, 0.3) is 5.91 Å². The van der Waals surface area contributed by atoms with Crippen molar-refractivity contribution in [1.29, 1.82) is 5.26 Å². The summed E-state index contributed by atoms with van der Waals surface area (Å²) < 4.78 is 0. The monoisotopic (exact) mass is 474 g/mol. The first kappa shape index (κ1) is 23.4. The molecule has 34 heavy (non-hydrogen) atoms. The number of urea groups is 1. The highest BCUT2D eigenvalue weighted by Gasteiger charge is 2.20. The number of nitrogens with zero attached hydrogens (tertiary/aromatic N) is 3. The van der Waals surface area contributed by atoms with Crippen LogP contribution in [0.4, 0.5) is 15.6 Å². The maximum Gasteiger partial charge on any atom is 0.319 e. The van der Waals surface area contributed by atoms with Gasteiger partial charge in [0.05, 0.1) is 23.4 Å². The van der Waals surface area contributed by atoms with Gasteiger partial charge in [0.1, 0.15) is 0 Å². The fourth-order valence-electron chi connectivity index (χ4n) is 3.82. The fourth-order valence-corrected chi connectivity index (χ4v) is 4.90. The molecular weight excluding hydrogens is 448 g/mol. The molecule has 0 bridgehead atoms. The average Bonchev–Trinajstić information content (AvgIpc) is 3.24. The van der Waals surface area contributed by atoms with Gasteiger partial charge >= 0.3 is 6.03 Å². The molecule has 3 aromatic rings. The number of benzene rings is 2. The van der Waals surface area contributed by atoms with E-state index in [1.165, 1.54) is 16.2 Å². The van der Waals surface area contributed by atoms with Crippen LogP contribution in [-0.2, 0) is 13.0 Å². The normalized spacial score (nSPS) is 13.9. The van der Waals surface area contributed by atoms with Crippen molar-refractivity contribution in [3.8, 4) is 6.07 Å². The number of rotatable bonds is 6. The van der Waals surface area contributed by atoms with Gasteiger partial charge in [-0.2, -0.15) is 5.26 Å². The summed E-state index contributed by atoms with van der Waals surface area (Å²) >= 11 is 1.52. The summed E-state index contributed by atoms with van der Waals surface area (Å²) in [4.78, 5) is 33.4. The summed E-state index contributed by atoms with van der Waals surface area (Å²) in [5.41, 5.74) is 3.53. The molecule has 0 saturated carbocycles. The lowest BCUT2D eigenvalue weighted by Crippen LogP contribution is -2.32. The Morgan fingerprint density at radius 2 is 2.00 bits per heavy atom. The van der Waals surface area contributed by atoms with E-state index in [0.29, 0.717) is 28.4 Å². The number of carbonyl (C=O) groups is 2. The molecule has 1 atom stereocenters. The second kappa shape index (κ2) is 10.5. The minimum Gasteiger partial charge on any atom is -0.331 e. The zero-order chi connectivity index (χ0) is 24.1. The van der Waals surface area contributed by atoms with E-state index >= 15 is 0 Å². The van der Waals surface area contributed by atoms with Crippen molar-refractivity contribution >= 4 is 34.1 Å². The maximum absolute atomic E-state index is 12.9. The number of likely N-dealkylation sites (N-methyl/N-ethyl adjacent to an activating group) is 1. The standard InChI is InChI=1S/C25H26N6O2S/c1-3-20(28-24(33)27-19-9-7-16(14-26)8-10-19)17-5-4-6-18(13-17)23(32)30-25-29-21-11-12-31(2)15-22(21)34-25/h4-10,13,20H,3,11-12,15H2,1-2H3,(H2,27,28,33)(H,29,30,32)/t20-/m1/s1. The van der Waals surface area contributed by atoms with Crippen molar-refractivity contribution in [2.45, 2.75) is 32.4 Å². The molecule has 0 saturated heterocycles. The van der Waals surface area contributed by atoms with Crippen LogP contribution in [0.15, 0.2) is 48.5 Å². The molecule has 3 N–H and O–H groups in total. The number of nitriles is 1. The molecule has 0 fully saturated rings. The van der Waals surface area contributed by atoms with Crippen LogP contribution in [0.1, 0.15) is 51.4 Å². The van der Waals surface area contributed by atoms with E-state index in [-0.39, 0.29) is 18.0 Å². The smallest absolute Gasteiger partial charge is 0.319 e. The zero-order valence-corrected chi connectivity index (χ0v) is 19.9. The van der Waals surface area contributed by atoms with Gasteiger partial charge in [-0.05, 0) is 55.4 Å². The molecule has 0 aliphatic carbocycles. The predicted molar refractivity (Wildman–Crippen MR) is 133 cm³/mol. The number of fused-ring (bicyclic) bond motifs is 1. The molecule has 0 unspecified atom stereocenters. The van der Waals surface area contributed by atoms with Gasteiger partial charge in [0.15, 0.2) is 5.13 Å². The van der Waals surface area contributed by atoms with Crippen molar-refractivity contribution in [3.05, 3.63) is 75.8 Å². The Labute approximate surface area is 202 Å². The van der Waals surface area contributed by atoms with Crippen LogP contribution in [0, 0.1) is 11.3 Å². The minimum absolute atomic E-state index is 0.224. The van der Waals surface area contributed by atoms with Gasteiger partial charge in [0, 0.05) is 35.6 Å². The van der Waals surface area contributed by atoms with Crippen LogP contribution >= 0.6 is 11.3 Å². The van der Waals surface area contributed by atoms with E-state index in [1.807, 2.05) is 25.1 Å². The van der Waals surface area contributed by atoms with Gasteiger partial charge in [0.2, 0.25) is 0 Å². The summed E-state index contributed by atoms with van der Waals surface area (Å²) in [6.45, 7) is 3.79. The van der Waals surface area contributed by atoms with E-state index in [2.05, 4.69) is 32.9 Å². The quantitative estimate of drug-likeness (QED) is 0.486. The summed E-state index contributed by atoms with van der Waals surface area (Å²) in [7, 11) is 2.08. The average molecular weight is 475 g/mol. The number of aromatic nitrogens is 1. The minimum atomic E-state index is -0.357. The number of hydrogen-bond acceptors (Lipinski definition) is 6. The van der Waals surface area contributed by atoms with Crippen molar-refractivity contribution in [2.75, 3.05) is 24.2 Å². The van der Waals surface area contributed by atoms with E-state index in [9.17, 15) is 9.59 Å². The van der Waals surface area contributed by atoms with Gasteiger partial charge < -0.3 is 15.5 Å². The second-order valence-corrected chi connectivity index (χ2v) is 9.29. The molecule has 0 spiro atoms. The van der Waals surface area contributed by atoms with Crippen LogP contribution < -0.4 is 16.0 Å². The van der Waals surface area contributed by atoms with Crippen LogP contribution in [-0.4, -0.2) is 35.4 Å². The first-order valence-corrected chi connectivity index (χ1v) is 11.9. The fraction of sp³-hybridized carbons (Fsp3) is 0.280. The summed E-state index contributed by atoms with van der Waals surface area (Å²) in [6, 6.07) is 15.3. The molecule has 1 aliphatic heterocycles. The first-order chi connectivity index (χ1) is 16.4.